The molecule has 1 heterocycles. The number of benzene rings is 1. The number of anilines is 1. The number of rotatable bonds is 3. The first-order valence-corrected chi connectivity index (χ1v) is 7.62. The largest absolute Gasteiger partial charge is 0.280 e. The lowest BCUT2D eigenvalue weighted by atomic mass is 10.3. The molecule has 1 aromatic heterocycles. The molecule has 19 heavy (non-hydrogen) atoms. The van der Waals surface area contributed by atoms with Gasteiger partial charge in [0.05, 0.1) is 21.4 Å². The number of hydrogen-bond acceptors (Lipinski definition) is 3. The first kappa shape index (κ1) is 14.3. The number of hydrogen-bond donors (Lipinski definition) is 1. The molecule has 0 saturated heterocycles. The molecule has 1 N–H and O–H groups in total. The van der Waals surface area contributed by atoms with E-state index in [4.69, 9.17) is 11.6 Å². The highest BCUT2D eigenvalue weighted by Crippen LogP contribution is 2.25. The number of nitrogens with one attached hydrogen (secondary N) is 1. The van der Waals surface area contributed by atoms with Crippen LogP contribution in [0.25, 0.3) is 0 Å². The van der Waals surface area contributed by atoms with Crippen LogP contribution in [0.3, 0.4) is 0 Å². The van der Waals surface area contributed by atoms with Crippen molar-refractivity contribution < 1.29 is 12.8 Å². The highest BCUT2D eigenvalue weighted by atomic mass is 79.9. The SMILES string of the molecule is Cn1ncc(Cl)c1S(=O)(=O)Nc1ccc(F)c(Br)c1. The van der Waals surface area contributed by atoms with Gasteiger partial charge in [0, 0.05) is 7.05 Å². The van der Waals surface area contributed by atoms with Gasteiger partial charge in [-0.1, -0.05) is 11.6 Å². The molecular weight excluding hydrogens is 361 g/mol. The Morgan fingerprint density at radius 2 is 2.16 bits per heavy atom. The van der Waals surface area contributed by atoms with E-state index in [-0.39, 0.29) is 20.2 Å². The minimum atomic E-state index is -3.89. The molecule has 0 aliphatic heterocycles. The van der Waals surface area contributed by atoms with Crippen LogP contribution in [0.15, 0.2) is 33.9 Å². The van der Waals surface area contributed by atoms with Crippen molar-refractivity contribution in [3.63, 3.8) is 0 Å². The smallest absolute Gasteiger partial charge is 0.278 e. The summed E-state index contributed by atoms with van der Waals surface area (Å²) in [5.74, 6) is -0.485. The van der Waals surface area contributed by atoms with Crippen LogP contribution in [0.4, 0.5) is 10.1 Å². The van der Waals surface area contributed by atoms with E-state index in [0.717, 1.165) is 10.7 Å². The molecule has 5 nitrogen and oxygen atoms in total. The summed E-state index contributed by atoms with van der Waals surface area (Å²) in [6.07, 6.45) is 1.23. The molecule has 0 unspecified atom stereocenters. The zero-order chi connectivity index (χ0) is 14.2. The van der Waals surface area contributed by atoms with Gasteiger partial charge in [0.15, 0.2) is 5.03 Å². The summed E-state index contributed by atoms with van der Waals surface area (Å²) in [6, 6.07) is 3.77. The Balaban J connectivity index is 2.39. The van der Waals surface area contributed by atoms with Crippen molar-refractivity contribution in [2.24, 2.45) is 7.05 Å². The van der Waals surface area contributed by atoms with Crippen LogP contribution in [-0.4, -0.2) is 18.2 Å². The average molecular weight is 369 g/mol. The van der Waals surface area contributed by atoms with Gasteiger partial charge in [0.2, 0.25) is 0 Å². The van der Waals surface area contributed by atoms with Gasteiger partial charge in [-0.15, -0.1) is 0 Å². The van der Waals surface area contributed by atoms with Gasteiger partial charge < -0.3 is 0 Å². The zero-order valence-electron chi connectivity index (χ0n) is 9.56. The quantitative estimate of drug-likeness (QED) is 0.906. The van der Waals surface area contributed by atoms with Gasteiger partial charge in [0.1, 0.15) is 5.82 Å². The van der Waals surface area contributed by atoms with E-state index in [0.29, 0.717) is 0 Å². The first-order valence-electron chi connectivity index (χ1n) is 4.96. The fraction of sp³-hybridized carbons (Fsp3) is 0.100. The minimum absolute atomic E-state index is 0.0103. The number of aromatic nitrogens is 2. The van der Waals surface area contributed by atoms with Gasteiger partial charge >= 0.3 is 0 Å². The van der Waals surface area contributed by atoms with Gasteiger partial charge in [-0.3, -0.25) is 9.40 Å². The van der Waals surface area contributed by atoms with Crippen LogP contribution in [0.2, 0.25) is 5.02 Å². The molecule has 0 radical (unpaired) electrons. The predicted octanol–water partition coefficient (Wildman–Crippen LogP) is 2.78. The lowest BCUT2D eigenvalue weighted by Gasteiger charge is -2.09. The monoisotopic (exact) mass is 367 g/mol. The molecule has 1 aromatic carbocycles. The third kappa shape index (κ3) is 2.90. The summed E-state index contributed by atoms with van der Waals surface area (Å²) in [5.41, 5.74) is 0.213. The highest BCUT2D eigenvalue weighted by Gasteiger charge is 2.23. The summed E-state index contributed by atoms with van der Waals surface area (Å²) in [5, 5.41) is 3.60. The molecule has 0 amide bonds. The van der Waals surface area contributed by atoms with Crippen LogP contribution in [0, 0.1) is 5.82 Å². The van der Waals surface area contributed by atoms with E-state index in [1.54, 1.807) is 0 Å². The Morgan fingerprint density at radius 3 is 2.68 bits per heavy atom. The van der Waals surface area contributed by atoms with Crippen LogP contribution < -0.4 is 4.72 Å². The molecular formula is C10H8BrClFN3O2S. The second-order valence-electron chi connectivity index (χ2n) is 3.66. The van der Waals surface area contributed by atoms with Crippen molar-refractivity contribution in [3.8, 4) is 0 Å². The molecule has 2 aromatic rings. The second kappa shape index (κ2) is 5.10. The summed E-state index contributed by atoms with van der Waals surface area (Å²) < 4.78 is 40.9. The van der Waals surface area contributed by atoms with E-state index in [1.807, 2.05) is 0 Å². The van der Waals surface area contributed by atoms with Crippen molar-refractivity contribution >= 4 is 43.2 Å². The summed E-state index contributed by atoms with van der Waals surface area (Å²) in [6.45, 7) is 0. The normalized spacial score (nSPS) is 11.6. The maximum absolute atomic E-state index is 13.1. The number of nitrogens with zero attached hydrogens (tertiary/aromatic N) is 2. The summed E-state index contributed by atoms with van der Waals surface area (Å²) in [7, 11) is -2.43. The lowest BCUT2D eigenvalue weighted by molar-refractivity contribution is 0.582. The third-order valence-electron chi connectivity index (χ3n) is 2.27. The molecule has 9 heteroatoms. The summed E-state index contributed by atoms with van der Waals surface area (Å²) >= 11 is 8.76. The fourth-order valence-corrected chi connectivity index (χ4v) is 3.55. The standard InChI is InChI=1S/C10H8BrClFN3O2S/c1-16-10(8(12)5-14-16)19(17,18)15-6-2-3-9(13)7(11)4-6/h2-5,15H,1H3. The van der Waals surface area contributed by atoms with E-state index < -0.39 is 15.8 Å². The molecule has 102 valence electrons. The summed E-state index contributed by atoms with van der Waals surface area (Å²) in [4.78, 5) is 0. The molecule has 2 rings (SSSR count). The van der Waals surface area contributed by atoms with Gasteiger partial charge in [-0.05, 0) is 34.1 Å². The third-order valence-corrected chi connectivity index (χ3v) is 4.76. The molecule has 0 aliphatic carbocycles. The van der Waals surface area contributed by atoms with Crippen molar-refractivity contribution in [2.45, 2.75) is 5.03 Å². The van der Waals surface area contributed by atoms with Crippen LogP contribution in [0.5, 0.6) is 0 Å². The second-order valence-corrected chi connectivity index (χ2v) is 6.51. The highest BCUT2D eigenvalue weighted by molar-refractivity contribution is 9.10. The molecule has 0 spiro atoms. The molecule has 0 fully saturated rings. The lowest BCUT2D eigenvalue weighted by Crippen LogP contribution is -2.17. The Kier molecular flexibility index (Phi) is 3.84. The molecule has 0 bridgehead atoms. The zero-order valence-corrected chi connectivity index (χ0v) is 12.7. The maximum Gasteiger partial charge on any atom is 0.280 e. The Hall–Kier alpha value is -1.12. The van der Waals surface area contributed by atoms with Gasteiger partial charge in [0.25, 0.3) is 10.0 Å². The predicted molar refractivity (Wildman–Crippen MR) is 73.1 cm³/mol. The van der Waals surface area contributed by atoms with Crippen LogP contribution in [-0.2, 0) is 17.1 Å². The van der Waals surface area contributed by atoms with E-state index >= 15 is 0 Å². The van der Waals surface area contributed by atoms with Gasteiger partial charge in [-0.25, -0.2) is 4.39 Å². The van der Waals surface area contributed by atoms with Crippen molar-refractivity contribution in [1.29, 1.82) is 0 Å². The van der Waals surface area contributed by atoms with Crippen molar-refractivity contribution in [1.82, 2.24) is 9.78 Å². The number of sulfonamides is 1. The Labute approximate surface area is 122 Å². The Morgan fingerprint density at radius 1 is 1.47 bits per heavy atom. The van der Waals surface area contributed by atoms with Crippen molar-refractivity contribution in [2.75, 3.05) is 4.72 Å². The topological polar surface area (TPSA) is 64.0 Å². The maximum atomic E-state index is 13.1. The van der Waals surface area contributed by atoms with Crippen molar-refractivity contribution in [3.05, 3.63) is 39.7 Å². The van der Waals surface area contributed by atoms with Gasteiger partial charge in [-0.2, -0.15) is 13.5 Å². The Bertz CT molecular complexity index is 713. The van der Waals surface area contributed by atoms with Crippen LogP contribution >= 0.6 is 27.5 Å². The van der Waals surface area contributed by atoms with Crippen LogP contribution in [0.1, 0.15) is 0 Å². The van der Waals surface area contributed by atoms with E-state index in [1.165, 1.54) is 25.4 Å². The number of halogens is 3. The molecule has 0 saturated carbocycles. The first-order chi connectivity index (χ1) is 8.81. The molecule has 0 atom stereocenters. The minimum Gasteiger partial charge on any atom is -0.278 e. The van der Waals surface area contributed by atoms with E-state index in [2.05, 4.69) is 25.8 Å². The fourth-order valence-electron chi connectivity index (χ4n) is 1.46. The number of aryl methyl sites for hydroxylation is 1. The molecule has 0 aliphatic rings. The van der Waals surface area contributed by atoms with E-state index in [9.17, 15) is 12.8 Å². The average Bonchev–Trinajstić information content (AvgIpc) is 2.64.